The van der Waals surface area contributed by atoms with E-state index in [4.69, 9.17) is 0 Å². The largest absolute Gasteiger partial charge is 0.0767 e. The highest BCUT2D eigenvalue weighted by atomic mass is 14.2. The van der Waals surface area contributed by atoms with Crippen LogP contribution in [0.15, 0.2) is 48.6 Å². The molecule has 0 aliphatic heterocycles. The standard InChI is InChI=1S/C9H9.C8H16.C2H5/c1-2-4-6-8-9-7-5-3-1;1-7-3-5-8(2)6-4-7;1-2/h1-9H;7-8H,3-6H2,1-2H3;1H2,2H3/b2-1-,5-3-,6-4-,9-7-;;. The lowest BCUT2D eigenvalue weighted by molar-refractivity contribution is 0.308. The average Bonchev–Trinajstić information content (AvgIpc) is 2.61. The normalized spacial score (nSPS) is 31.8. The summed E-state index contributed by atoms with van der Waals surface area (Å²) in [6.07, 6.45) is 23.9. The fourth-order valence-corrected chi connectivity index (χ4v) is 2.00. The van der Waals surface area contributed by atoms with Gasteiger partial charge >= 0.3 is 0 Å². The Balaban J connectivity index is 0.000000303. The van der Waals surface area contributed by atoms with Gasteiger partial charge in [0.25, 0.3) is 0 Å². The van der Waals surface area contributed by atoms with Gasteiger partial charge in [-0.25, -0.2) is 0 Å². The minimum atomic E-state index is 1.02. The molecule has 0 aromatic rings. The fourth-order valence-electron chi connectivity index (χ4n) is 2.00. The van der Waals surface area contributed by atoms with Gasteiger partial charge in [-0.15, -0.1) is 0 Å². The first-order chi connectivity index (χ1) is 9.29. The molecule has 0 atom stereocenters. The number of hydrogen-bond donors (Lipinski definition) is 0. The summed E-state index contributed by atoms with van der Waals surface area (Å²) in [6.45, 7) is 9.73. The second kappa shape index (κ2) is 13.4. The minimum Gasteiger partial charge on any atom is -0.0767 e. The van der Waals surface area contributed by atoms with Crippen LogP contribution in [0, 0.1) is 25.2 Å². The van der Waals surface area contributed by atoms with E-state index in [-0.39, 0.29) is 0 Å². The smallest absolute Gasteiger partial charge is 0.00506 e. The lowest BCUT2D eigenvalue weighted by atomic mass is 9.84. The first-order valence-corrected chi connectivity index (χ1v) is 7.49. The molecule has 0 N–H and O–H groups in total. The summed E-state index contributed by atoms with van der Waals surface area (Å²) in [5.74, 6) is 2.04. The molecule has 2 rings (SSSR count). The van der Waals surface area contributed by atoms with Crippen molar-refractivity contribution in [3.05, 3.63) is 62.0 Å². The van der Waals surface area contributed by atoms with Gasteiger partial charge < -0.3 is 0 Å². The van der Waals surface area contributed by atoms with Crippen LogP contribution in [0.2, 0.25) is 0 Å². The van der Waals surface area contributed by atoms with E-state index in [1.54, 1.807) is 6.92 Å². The van der Waals surface area contributed by atoms with Gasteiger partial charge in [-0.2, -0.15) is 0 Å². The number of hydrogen-bond acceptors (Lipinski definition) is 0. The van der Waals surface area contributed by atoms with Crippen LogP contribution in [-0.2, 0) is 0 Å². The van der Waals surface area contributed by atoms with Crippen molar-refractivity contribution in [3.63, 3.8) is 0 Å². The van der Waals surface area contributed by atoms with E-state index in [0.29, 0.717) is 0 Å². The van der Waals surface area contributed by atoms with Crippen LogP contribution in [0.3, 0.4) is 0 Å². The predicted molar refractivity (Wildman–Crippen MR) is 88.7 cm³/mol. The summed E-state index contributed by atoms with van der Waals surface area (Å²) in [7, 11) is 0. The zero-order chi connectivity index (χ0) is 14.3. The average molecular weight is 258 g/mol. The van der Waals surface area contributed by atoms with Crippen molar-refractivity contribution in [2.24, 2.45) is 11.8 Å². The van der Waals surface area contributed by atoms with E-state index >= 15 is 0 Å². The molecule has 106 valence electrons. The topological polar surface area (TPSA) is 0 Å². The van der Waals surface area contributed by atoms with Gasteiger partial charge in [-0.05, 0) is 11.8 Å². The van der Waals surface area contributed by atoms with Gasteiger partial charge in [0.05, 0.1) is 0 Å². The predicted octanol–water partition coefficient (Wildman–Crippen LogP) is 6.10. The van der Waals surface area contributed by atoms with Gasteiger partial charge in [-0.3, -0.25) is 0 Å². The van der Waals surface area contributed by atoms with Gasteiger partial charge in [-0.1, -0.05) is 102 Å². The zero-order valence-electron chi connectivity index (χ0n) is 12.9. The van der Waals surface area contributed by atoms with E-state index in [1.807, 2.05) is 55.0 Å². The third kappa shape index (κ3) is 11.8. The Morgan fingerprint density at radius 2 is 0.842 bits per heavy atom. The van der Waals surface area contributed by atoms with Crippen LogP contribution in [0.25, 0.3) is 0 Å². The van der Waals surface area contributed by atoms with Gasteiger partial charge in [0.1, 0.15) is 0 Å². The Bertz CT molecular complexity index is 253. The second-order valence-corrected chi connectivity index (χ2v) is 5.10. The Hall–Kier alpha value is -1.04. The SMILES string of the molecule is CC1CCC(C)CC1.[CH2]C.[CH]1\C=C/C=C\C=C/C=C\1. The van der Waals surface area contributed by atoms with Crippen LogP contribution < -0.4 is 0 Å². The Morgan fingerprint density at radius 3 is 1.16 bits per heavy atom. The summed E-state index contributed by atoms with van der Waals surface area (Å²) in [5, 5.41) is 0. The third-order valence-corrected chi connectivity index (χ3v) is 3.30. The molecule has 19 heavy (non-hydrogen) atoms. The molecule has 0 unspecified atom stereocenters. The van der Waals surface area contributed by atoms with Crippen molar-refractivity contribution in [2.75, 3.05) is 0 Å². The number of rotatable bonds is 0. The molecule has 0 heterocycles. The van der Waals surface area contributed by atoms with Crippen LogP contribution in [0.1, 0.15) is 46.5 Å². The zero-order valence-corrected chi connectivity index (χ0v) is 12.9. The lowest BCUT2D eigenvalue weighted by Gasteiger charge is -2.22. The summed E-state index contributed by atoms with van der Waals surface area (Å²) in [6, 6.07) is 0. The van der Waals surface area contributed by atoms with Crippen LogP contribution >= 0.6 is 0 Å². The molecule has 0 amide bonds. The van der Waals surface area contributed by atoms with Crippen molar-refractivity contribution in [3.8, 4) is 0 Å². The molecule has 0 spiro atoms. The second-order valence-electron chi connectivity index (χ2n) is 5.10. The Morgan fingerprint density at radius 1 is 0.579 bits per heavy atom. The Kier molecular flexibility index (Phi) is 12.7. The van der Waals surface area contributed by atoms with Crippen molar-refractivity contribution < 1.29 is 0 Å². The summed E-state index contributed by atoms with van der Waals surface area (Å²) in [4.78, 5) is 0. The highest BCUT2D eigenvalue weighted by Crippen LogP contribution is 2.27. The summed E-state index contributed by atoms with van der Waals surface area (Å²) < 4.78 is 0. The molecule has 1 fully saturated rings. The highest BCUT2D eigenvalue weighted by molar-refractivity contribution is 5.23. The monoisotopic (exact) mass is 258 g/mol. The summed E-state index contributed by atoms with van der Waals surface area (Å²) in [5.41, 5.74) is 0. The first-order valence-electron chi connectivity index (χ1n) is 7.49. The molecule has 0 bridgehead atoms. The van der Waals surface area contributed by atoms with Gasteiger partial charge in [0.15, 0.2) is 0 Å². The fraction of sp³-hybridized carbons (Fsp3) is 0.474. The minimum absolute atomic E-state index is 1.02. The molecule has 0 heteroatoms. The molecule has 0 nitrogen and oxygen atoms in total. The van der Waals surface area contributed by atoms with E-state index in [1.165, 1.54) is 25.7 Å². The van der Waals surface area contributed by atoms with Crippen LogP contribution in [0.5, 0.6) is 0 Å². The third-order valence-electron chi connectivity index (χ3n) is 3.30. The molecule has 2 aliphatic rings. The molecule has 2 aliphatic carbocycles. The quantitative estimate of drug-likeness (QED) is 0.492. The maximum absolute atomic E-state index is 3.25. The molecular weight excluding hydrogens is 228 g/mol. The van der Waals surface area contributed by atoms with Crippen molar-refractivity contribution in [1.29, 1.82) is 0 Å². The van der Waals surface area contributed by atoms with E-state index < -0.39 is 0 Å². The van der Waals surface area contributed by atoms with Gasteiger partial charge in [0.2, 0.25) is 0 Å². The summed E-state index contributed by atoms with van der Waals surface area (Å²) >= 11 is 0. The molecule has 2 radical (unpaired) electrons. The number of allylic oxidation sites excluding steroid dienone is 8. The van der Waals surface area contributed by atoms with Gasteiger partial charge in [0, 0.05) is 6.42 Å². The highest BCUT2D eigenvalue weighted by Gasteiger charge is 2.13. The van der Waals surface area contributed by atoms with Crippen LogP contribution in [0.4, 0.5) is 0 Å². The molecule has 0 aromatic heterocycles. The molecule has 0 saturated heterocycles. The maximum Gasteiger partial charge on any atom is 0.00506 e. The van der Waals surface area contributed by atoms with Crippen LogP contribution in [-0.4, -0.2) is 0 Å². The molecule has 1 saturated carbocycles. The van der Waals surface area contributed by atoms with Crippen molar-refractivity contribution >= 4 is 0 Å². The maximum atomic E-state index is 3.25. The van der Waals surface area contributed by atoms with Crippen molar-refractivity contribution in [1.82, 2.24) is 0 Å². The van der Waals surface area contributed by atoms with E-state index in [2.05, 4.69) is 20.8 Å². The van der Waals surface area contributed by atoms with Crippen molar-refractivity contribution in [2.45, 2.75) is 46.5 Å². The molecular formula is C19H30. The Labute approximate surface area is 121 Å². The molecule has 0 aromatic carbocycles. The van der Waals surface area contributed by atoms with E-state index in [0.717, 1.165) is 11.8 Å². The lowest BCUT2D eigenvalue weighted by Crippen LogP contribution is -2.08. The van der Waals surface area contributed by atoms with E-state index in [9.17, 15) is 0 Å². The first kappa shape index (κ1) is 18.0.